The third-order valence-electron chi connectivity index (χ3n) is 4.00. The predicted molar refractivity (Wildman–Crippen MR) is 77.8 cm³/mol. The topological polar surface area (TPSA) is 15.3 Å². The van der Waals surface area contributed by atoms with Crippen molar-refractivity contribution in [2.75, 3.05) is 19.6 Å². The number of nitrogens with one attached hydrogen (secondary N) is 1. The van der Waals surface area contributed by atoms with Crippen molar-refractivity contribution in [3.8, 4) is 0 Å². The molecule has 18 heavy (non-hydrogen) atoms. The summed E-state index contributed by atoms with van der Waals surface area (Å²) < 4.78 is 0. The molecule has 100 valence electrons. The molecule has 2 heteroatoms. The highest BCUT2D eigenvalue weighted by Gasteiger charge is 2.20. The van der Waals surface area contributed by atoms with Gasteiger partial charge in [-0.3, -0.25) is 4.90 Å². The Morgan fingerprint density at radius 1 is 1.28 bits per heavy atom. The molecule has 0 radical (unpaired) electrons. The monoisotopic (exact) mass is 246 g/mol. The molecule has 0 bridgehead atoms. The van der Waals surface area contributed by atoms with Crippen molar-refractivity contribution in [3.63, 3.8) is 0 Å². The number of hydrogen-bond donors (Lipinski definition) is 1. The quantitative estimate of drug-likeness (QED) is 0.777. The summed E-state index contributed by atoms with van der Waals surface area (Å²) >= 11 is 0. The second kappa shape index (κ2) is 6.91. The fourth-order valence-corrected chi connectivity index (χ4v) is 2.80. The zero-order valence-corrected chi connectivity index (χ0v) is 11.8. The first kappa shape index (κ1) is 13.6. The van der Waals surface area contributed by atoms with E-state index in [1.54, 1.807) is 0 Å². The molecule has 1 atom stereocenters. The van der Waals surface area contributed by atoms with Crippen LogP contribution in [-0.2, 0) is 13.0 Å². The SMILES string of the molecule is CCNCCc1ccccc1CN1CCCC1C. The van der Waals surface area contributed by atoms with Gasteiger partial charge in [0.1, 0.15) is 0 Å². The number of benzene rings is 1. The first-order valence-electron chi connectivity index (χ1n) is 7.32. The van der Waals surface area contributed by atoms with E-state index in [4.69, 9.17) is 0 Å². The zero-order valence-electron chi connectivity index (χ0n) is 11.8. The van der Waals surface area contributed by atoms with E-state index in [-0.39, 0.29) is 0 Å². The fraction of sp³-hybridized carbons (Fsp3) is 0.625. The van der Waals surface area contributed by atoms with Gasteiger partial charge in [0, 0.05) is 12.6 Å². The third kappa shape index (κ3) is 3.56. The van der Waals surface area contributed by atoms with E-state index in [2.05, 4.69) is 48.3 Å². The summed E-state index contributed by atoms with van der Waals surface area (Å²) in [5.74, 6) is 0. The van der Waals surface area contributed by atoms with Crippen LogP contribution in [0.2, 0.25) is 0 Å². The number of likely N-dealkylation sites (N-methyl/N-ethyl adjacent to an activating group) is 1. The van der Waals surface area contributed by atoms with Crippen molar-refractivity contribution < 1.29 is 0 Å². The summed E-state index contributed by atoms with van der Waals surface area (Å²) in [7, 11) is 0. The van der Waals surface area contributed by atoms with E-state index in [1.165, 1.54) is 30.5 Å². The van der Waals surface area contributed by atoms with Gasteiger partial charge in [0.2, 0.25) is 0 Å². The summed E-state index contributed by atoms with van der Waals surface area (Å²) in [5.41, 5.74) is 3.03. The molecule has 1 unspecified atom stereocenters. The third-order valence-corrected chi connectivity index (χ3v) is 4.00. The zero-order chi connectivity index (χ0) is 12.8. The smallest absolute Gasteiger partial charge is 0.0239 e. The van der Waals surface area contributed by atoms with Gasteiger partial charge in [-0.15, -0.1) is 0 Å². The number of hydrogen-bond acceptors (Lipinski definition) is 2. The summed E-state index contributed by atoms with van der Waals surface area (Å²) in [6.07, 6.45) is 3.87. The molecule has 1 saturated heterocycles. The lowest BCUT2D eigenvalue weighted by molar-refractivity contribution is 0.259. The molecule has 0 saturated carbocycles. The van der Waals surface area contributed by atoms with Crippen molar-refractivity contribution >= 4 is 0 Å². The van der Waals surface area contributed by atoms with Crippen molar-refractivity contribution in [1.82, 2.24) is 10.2 Å². The molecular weight excluding hydrogens is 220 g/mol. The molecule has 2 rings (SSSR count). The average molecular weight is 246 g/mol. The highest BCUT2D eigenvalue weighted by Crippen LogP contribution is 2.21. The molecule has 1 aromatic rings. The molecular formula is C16H26N2. The Kier molecular flexibility index (Phi) is 5.21. The van der Waals surface area contributed by atoms with Gasteiger partial charge in [-0.1, -0.05) is 31.2 Å². The van der Waals surface area contributed by atoms with Gasteiger partial charge in [0.05, 0.1) is 0 Å². The summed E-state index contributed by atoms with van der Waals surface area (Å²) in [5, 5.41) is 3.41. The Morgan fingerprint density at radius 3 is 2.72 bits per heavy atom. The number of nitrogens with zero attached hydrogens (tertiary/aromatic N) is 1. The predicted octanol–water partition coefficient (Wildman–Crippen LogP) is 2.82. The Labute approximate surface area is 111 Å². The van der Waals surface area contributed by atoms with Crippen LogP contribution in [0.3, 0.4) is 0 Å². The fourth-order valence-electron chi connectivity index (χ4n) is 2.80. The molecule has 0 aliphatic carbocycles. The Hall–Kier alpha value is -0.860. The van der Waals surface area contributed by atoms with Crippen LogP contribution in [0.5, 0.6) is 0 Å². The van der Waals surface area contributed by atoms with Crippen molar-refractivity contribution in [3.05, 3.63) is 35.4 Å². The van der Waals surface area contributed by atoms with E-state index in [9.17, 15) is 0 Å². The maximum absolute atomic E-state index is 3.41. The standard InChI is InChI=1S/C16H26N2/c1-3-17-11-10-15-8-4-5-9-16(15)13-18-12-6-7-14(18)2/h4-5,8-9,14,17H,3,6-7,10-13H2,1-2H3. The average Bonchev–Trinajstić information content (AvgIpc) is 2.78. The Morgan fingerprint density at radius 2 is 2.06 bits per heavy atom. The lowest BCUT2D eigenvalue weighted by Gasteiger charge is -2.22. The highest BCUT2D eigenvalue weighted by atomic mass is 15.2. The van der Waals surface area contributed by atoms with Crippen LogP contribution >= 0.6 is 0 Å². The van der Waals surface area contributed by atoms with Crippen LogP contribution < -0.4 is 5.32 Å². The van der Waals surface area contributed by atoms with Gasteiger partial charge >= 0.3 is 0 Å². The van der Waals surface area contributed by atoms with Crippen LogP contribution in [-0.4, -0.2) is 30.6 Å². The second-order valence-corrected chi connectivity index (χ2v) is 5.33. The first-order chi connectivity index (χ1) is 8.81. The lowest BCUT2D eigenvalue weighted by atomic mass is 10.0. The number of rotatable bonds is 6. The molecule has 0 amide bonds. The normalized spacial score (nSPS) is 20.4. The molecule has 0 spiro atoms. The molecule has 2 nitrogen and oxygen atoms in total. The largest absolute Gasteiger partial charge is 0.317 e. The molecule has 1 heterocycles. The maximum Gasteiger partial charge on any atom is 0.0239 e. The van der Waals surface area contributed by atoms with E-state index in [0.717, 1.165) is 32.1 Å². The van der Waals surface area contributed by atoms with Crippen LogP contribution in [0.25, 0.3) is 0 Å². The van der Waals surface area contributed by atoms with Gasteiger partial charge in [-0.25, -0.2) is 0 Å². The van der Waals surface area contributed by atoms with Gasteiger partial charge in [0.25, 0.3) is 0 Å². The van der Waals surface area contributed by atoms with Gasteiger partial charge < -0.3 is 5.32 Å². The molecule has 1 aliphatic heterocycles. The number of likely N-dealkylation sites (tertiary alicyclic amines) is 1. The van der Waals surface area contributed by atoms with E-state index >= 15 is 0 Å². The van der Waals surface area contributed by atoms with E-state index in [1.807, 2.05) is 0 Å². The molecule has 0 aromatic heterocycles. The van der Waals surface area contributed by atoms with Gasteiger partial charge in [-0.2, -0.15) is 0 Å². The minimum Gasteiger partial charge on any atom is -0.317 e. The summed E-state index contributed by atoms with van der Waals surface area (Å²) in [6.45, 7) is 9.06. The van der Waals surface area contributed by atoms with E-state index in [0.29, 0.717) is 0 Å². The van der Waals surface area contributed by atoms with Crippen LogP contribution in [0.1, 0.15) is 37.8 Å². The van der Waals surface area contributed by atoms with Crippen LogP contribution in [0.15, 0.2) is 24.3 Å². The van der Waals surface area contributed by atoms with Gasteiger partial charge in [0.15, 0.2) is 0 Å². The highest BCUT2D eigenvalue weighted by molar-refractivity contribution is 5.27. The Bertz CT molecular complexity index is 362. The molecule has 1 aliphatic rings. The summed E-state index contributed by atoms with van der Waals surface area (Å²) in [4.78, 5) is 2.62. The van der Waals surface area contributed by atoms with Crippen molar-refractivity contribution in [2.24, 2.45) is 0 Å². The van der Waals surface area contributed by atoms with Gasteiger partial charge in [-0.05, 0) is 56.9 Å². The Balaban J connectivity index is 1.98. The van der Waals surface area contributed by atoms with Crippen LogP contribution in [0.4, 0.5) is 0 Å². The minimum absolute atomic E-state index is 0.756. The van der Waals surface area contributed by atoms with Crippen molar-refractivity contribution in [1.29, 1.82) is 0 Å². The molecule has 1 N–H and O–H groups in total. The van der Waals surface area contributed by atoms with Crippen molar-refractivity contribution in [2.45, 2.75) is 45.7 Å². The van der Waals surface area contributed by atoms with Crippen LogP contribution in [0, 0.1) is 0 Å². The summed E-state index contributed by atoms with van der Waals surface area (Å²) in [6, 6.07) is 9.68. The lowest BCUT2D eigenvalue weighted by Crippen LogP contribution is -2.27. The maximum atomic E-state index is 3.41. The first-order valence-corrected chi connectivity index (χ1v) is 7.32. The molecule has 1 aromatic carbocycles. The second-order valence-electron chi connectivity index (χ2n) is 5.33. The van der Waals surface area contributed by atoms with E-state index < -0.39 is 0 Å². The molecule has 1 fully saturated rings. The minimum atomic E-state index is 0.756.